The third-order valence-corrected chi connectivity index (χ3v) is 5.82. The molecule has 0 aliphatic carbocycles. The molecule has 3 aromatic carbocycles. The molecule has 7 heteroatoms. The van der Waals surface area contributed by atoms with E-state index in [9.17, 15) is 9.59 Å². The van der Waals surface area contributed by atoms with Crippen LogP contribution in [0.5, 0.6) is 5.75 Å². The fourth-order valence-corrected chi connectivity index (χ4v) is 4.23. The Balaban J connectivity index is 1.96. The minimum atomic E-state index is -0.432. The topological polar surface area (TPSA) is 60.3 Å². The molecule has 0 bridgehead atoms. The van der Waals surface area contributed by atoms with E-state index in [1.807, 2.05) is 29.7 Å². The van der Waals surface area contributed by atoms with Crippen LogP contribution < -0.4 is 15.5 Å². The Hall–Kier alpha value is -3.28. The summed E-state index contributed by atoms with van der Waals surface area (Å²) in [6.07, 6.45) is 0. The first-order chi connectivity index (χ1) is 15.4. The zero-order chi connectivity index (χ0) is 22.8. The molecule has 4 rings (SSSR count). The van der Waals surface area contributed by atoms with Gasteiger partial charge in [0.2, 0.25) is 0 Å². The first kappa shape index (κ1) is 21.9. The Morgan fingerprint density at radius 1 is 1.03 bits per heavy atom. The summed E-state index contributed by atoms with van der Waals surface area (Å²) in [5.41, 5.74) is 1.88. The standard InChI is InChI=1S/C25H20Cl2N2O3/c1-3-29-21-7-5-4-6-19(21)23(30)22(15-8-11-17(32-2)12-9-15)24(29)28-25(31)18-13-10-16(26)14-20(18)27/h4-14H,3H2,1-2H3,(H,28,31). The molecule has 4 aromatic rings. The molecule has 0 radical (unpaired) electrons. The Morgan fingerprint density at radius 3 is 2.41 bits per heavy atom. The van der Waals surface area contributed by atoms with Gasteiger partial charge in [0.25, 0.3) is 5.91 Å². The van der Waals surface area contributed by atoms with Crippen LogP contribution in [-0.4, -0.2) is 17.6 Å². The average Bonchev–Trinajstić information content (AvgIpc) is 2.80. The summed E-state index contributed by atoms with van der Waals surface area (Å²) in [5.74, 6) is 0.639. The highest BCUT2D eigenvalue weighted by molar-refractivity contribution is 6.37. The number of nitrogens with one attached hydrogen (secondary N) is 1. The number of methoxy groups -OCH3 is 1. The second-order valence-electron chi connectivity index (χ2n) is 7.12. The molecule has 1 amide bonds. The van der Waals surface area contributed by atoms with E-state index in [-0.39, 0.29) is 16.0 Å². The normalized spacial score (nSPS) is 10.9. The number of nitrogens with zero attached hydrogens (tertiary/aromatic N) is 1. The largest absolute Gasteiger partial charge is 0.497 e. The van der Waals surface area contributed by atoms with Crippen LogP contribution in [0.3, 0.4) is 0 Å². The highest BCUT2D eigenvalue weighted by Crippen LogP contribution is 2.31. The number of benzene rings is 3. The van der Waals surface area contributed by atoms with Crippen molar-refractivity contribution in [3.8, 4) is 16.9 Å². The first-order valence-corrected chi connectivity index (χ1v) is 10.8. The number of rotatable bonds is 5. The Morgan fingerprint density at radius 2 is 1.75 bits per heavy atom. The molecule has 0 saturated heterocycles. The van der Waals surface area contributed by atoms with E-state index in [4.69, 9.17) is 27.9 Å². The van der Waals surface area contributed by atoms with Crippen LogP contribution in [0.4, 0.5) is 5.82 Å². The first-order valence-electron chi connectivity index (χ1n) is 10.0. The van der Waals surface area contributed by atoms with E-state index in [1.165, 1.54) is 6.07 Å². The van der Waals surface area contributed by atoms with Gasteiger partial charge in [0.15, 0.2) is 5.43 Å². The van der Waals surface area contributed by atoms with Gasteiger partial charge in [0.1, 0.15) is 11.6 Å². The van der Waals surface area contributed by atoms with Crippen molar-refractivity contribution in [2.45, 2.75) is 13.5 Å². The van der Waals surface area contributed by atoms with Crippen molar-refractivity contribution >= 4 is 45.8 Å². The number of fused-ring (bicyclic) bond motifs is 1. The predicted octanol–water partition coefficient (Wildman–Crippen LogP) is 6.26. The fourth-order valence-electron chi connectivity index (χ4n) is 3.73. The van der Waals surface area contributed by atoms with E-state index in [2.05, 4.69) is 5.32 Å². The molecular formula is C25H20Cl2N2O3. The maximum absolute atomic E-state index is 13.6. The minimum absolute atomic E-state index is 0.173. The molecule has 1 N–H and O–H groups in total. The van der Waals surface area contributed by atoms with Crippen molar-refractivity contribution in [1.29, 1.82) is 0 Å². The number of aromatic nitrogens is 1. The second-order valence-corrected chi connectivity index (χ2v) is 7.96. The molecule has 0 aliphatic heterocycles. The third-order valence-electron chi connectivity index (χ3n) is 5.28. The highest BCUT2D eigenvalue weighted by Gasteiger charge is 2.21. The van der Waals surface area contributed by atoms with Crippen LogP contribution >= 0.6 is 23.2 Å². The van der Waals surface area contributed by atoms with E-state index in [0.717, 1.165) is 5.52 Å². The molecular weight excluding hydrogens is 447 g/mol. The number of anilines is 1. The highest BCUT2D eigenvalue weighted by atomic mass is 35.5. The minimum Gasteiger partial charge on any atom is -0.497 e. The molecule has 1 heterocycles. The molecule has 32 heavy (non-hydrogen) atoms. The predicted molar refractivity (Wildman–Crippen MR) is 130 cm³/mol. The quantitative estimate of drug-likeness (QED) is 0.377. The summed E-state index contributed by atoms with van der Waals surface area (Å²) in [4.78, 5) is 26.7. The molecule has 0 spiro atoms. The molecule has 0 unspecified atom stereocenters. The molecule has 0 fully saturated rings. The number of carbonyl (C=O) groups excluding carboxylic acids is 1. The Kier molecular flexibility index (Phi) is 6.21. The summed E-state index contributed by atoms with van der Waals surface area (Å²) in [5, 5.41) is 4.16. The number of carbonyl (C=O) groups is 1. The Bertz CT molecular complexity index is 1380. The van der Waals surface area contributed by atoms with E-state index in [0.29, 0.717) is 39.6 Å². The van der Waals surface area contributed by atoms with Gasteiger partial charge in [-0.15, -0.1) is 0 Å². The lowest BCUT2D eigenvalue weighted by molar-refractivity contribution is 0.102. The lowest BCUT2D eigenvalue weighted by Crippen LogP contribution is -2.22. The van der Waals surface area contributed by atoms with Gasteiger partial charge in [0, 0.05) is 17.0 Å². The van der Waals surface area contributed by atoms with Crippen molar-refractivity contribution in [3.63, 3.8) is 0 Å². The lowest BCUT2D eigenvalue weighted by atomic mass is 10.0. The second kappa shape index (κ2) is 9.07. The van der Waals surface area contributed by atoms with Gasteiger partial charge in [-0.05, 0) is 55.0 Å². The monoisotopic (exact) mass is 466 g/mol. The maximum atomic E-state index is 13.6. The summed E-state index contributed by atoms with van der Waals surface area (Å²) < 4.78 is 7.16. The van der Waals surface area contributed by atoms with Crippen LogP contribution in [0.15, 0.2) is 71.5 Å². The van der Waals surface area contributed by atoms with Gasteiger partial charge < -0.3 is 14.6 Å². The van der Waals surface area contributed by atoms with Gasteiger partial charge in [-0.3, -0.25) is 9.59 Å². The van der Waals surface area contributed by atoms with Crippen LogP contribution in [0.1, 0.15) is 17.3 Å². The number of para-hydroxylation sites is 1. The zero-order valence-electron chi connectivity index (χ0n) is 17.5. The number of aryl methyl sites for hydroxylation is 1. The van der Waals surface area contributed by atoms with Gasteiger partial charge in [0.05, 0.1) is 28.8 Å². The van der Waals surface area contributed by atoms with E-state index in [1.54, 1.807) is 49.6 Å². The number of halogens is 2. The summed E-state index contributed by atoms with van der Waals surface area (Å²) in [6.45, 7) is 2.49. The average molecular weight is 467 g/mol. The van der Waals surface area contributed by atoms with E-state index < -0.39 is 5.91 Å². The van der Waals surface area contributed by atoms with Crippen LogP contribution in [0, 0.1) is 0 Å². The maximum Gasteiger partial charge on any atom is 0.258 e. The number of hydrogen-bond donors (Lipinski definition) is 1. The van der Waals surface area contributed by atoms with Gasteiger partial charge in [-0.2, -0.15) is 0 Å². The molecule has 0 saturated carbocycles. The lowest BCUT2D eigenvalue weighted by Gasteiger charge is -2.20. The SMILES string of the molecule is CCn1c(NC(=O)c2ccc(Cl)cc2Cl)c(-c2ccc(OC)cc2)c(=O)c2ccccc21. The van der Waals surface area contributed by atoms with Gasteiger partial charge in [-0.25, -0.2) is 0 Å². The van der Waals surface area contributed by atoms with E-state index >= 15 is 0 Å². The molecule has 1 aromatic heterocycles. The molecule has 0 aliphatic rings. The van der Waals surface area contributed by atoms with Crippen LogP contribution in [0.25, 0.3) is 22.0 Å². The number of hydrogen-bond acceptors (Lipinski definition) is 3. The van der Waals surface area contributed by atoms with Crippen molar-refractivity contribution in [1.82, 2.24) is 4.57 Å². The van der Waals surface area contributed by atoms with Crippen molar-refractivity contribution < 1.29 is 9.53 Å². The van der Waals surface area contributed by atoms with Crippen molar-refractivity contribution in [2.24, 2.45) is 0 Å². The number of pyridine rings is 1. The number of ether oxygens (including phenoxy) is 1. The fraction of sp³-hybridized carbons (Fsp3) is 0.120. The Labute approximate surface area is 195 Å². The van der Waals surface area contributed by atoms with Gasteiger partial charge >= 0.3 is 0 Å². The number of amides is 1. The summed E-state index contributed by atoms with van der Waals surface area (Å²) in [7, 11) is 1.58. The van der Waals surface area contributed by atoms with Crippen molar-refractivity contribution in [2.75, 3.05) is 12.4 Å². The molecule has 0 atom stereocenters. The van der Waals surface area contributed by atoms with Crippen molar-refractivity contribution in [3.05, 3.63) is 92.6 Å². The molecule has 5 nitrogen and oxygen atoms in total. The zero-order valence-corrected chi connectivity index (χ0v) is 19.0. The smallest absolute Gasteiger partial charge is 0.258 e. The summed E-state index contributed by atoms with van der Waals surface area (Å²) in [6, 6.07) is 19.2. The third kappa shape index (κ3) is 3.97. The summed E-state index contributed by atoms with van der Waals surface area (Å²) >= 11 is 12.2. The van der Waals surface area contributed by atoms with Crippen LogP contribution in [0.2, 0.25) is 10.0 Å². The van der Waals surface area contributed by atoms with Gasteiger partial charge in [-0.1, -0.05) is 47.5 Å². The molecule has 162 valence electrons. The van der Waals surface area contributed by atoms with Crippen LogP contribution in [-0.2, 0) is 6.54 Å².